The fourth-order valence-corrected chi connectivity index (χ4v) is 3.00. The molecule has 2 rings (SSSR count). The van der Waals surface area contributed by atoms with Crippen molar-refractivity contribution >= 4 is 33.6 Å². The van der Waals surface area contributed by atoms with Crippen molar-refractivity contribution in [1.82, 2.24) is 19.7 Å². The number of urea groups is 1. The van der Waals surface area contributed by atoms with Crippen LogP contribution in [0.15, 0.2) is 29.2 Å². The maximum atomic E-state index is 12.1. The number of rotatable bonds is 4. The lowest BCUT2D eigenvalue weighted by molar-refractivity contribution is 0.256. The van der Waals surface area contributed by atoms with E-state index in [0.29, 0.717) is 5.82 Å². The molecule has 0 atom stereocenters. The molecule has 0 aliphatic heterocycles. The highest BCUT2D eigenvalue weighted by molar-refractivity contribution is 7.90. The van der Waals surface area contributed by atoms with Gasteiger partial charge in [-0.3, -0.25) is 5.32 Å². The third-order valence-corrected chi connectivity index (χ3v) is 4.32. The van der Waals surface area contributed by atoms with Crippen LogP contribution in [-0.2, 0) is 10.0 Å². The number of benzene rings is 1. The Morgan fingerprint density at radius 2 is 1.80 bits per heavy atom. The summed E-state index contributed by atoms with van der Waals surface area (Å²) < 4.78 is 30.9. The molecule has 2 N–H and O–H groups in total. The molecule has 136 valence electrons. The quantitative estimate of drug-likeness (QED) is 0.825. The van der Waals surface area contributed by atoms with Gasteiger partial charge < -0.3 is 4.74 Å². The van der Waals surface area contributed by atoms with Gasteiger partial charge in [-0.15, -0.1) is 0 Å². The van der Waals surface area contributed by atoms with Gasteiger partial charge >= 0.3 is 12.0 Å². The Labute approximate surface area is 150 Å². The minimum Gasteiger partial charge on any atom is -0.467 e. The van der Waals surface area contributed by atoms with Crippen LogP contribution in [0, 0.1) is 6.92 Å². The first-order valence-corrected chi connectivity index (χ1v) is 9.03. The van der Waals surface area contributed by atoms with Crippen LogP contribution in [0.2, 0.25) is 5.02 Å². The second-order valence-electron chi connectivity index (χ2n) is 4.18. The van der Waals surface area contributed by atoms with Gasteiger partial charge in [-0.05, 0) is 19.1 Å². The average molecular weight is 388 g/mol. The van der Waals surface area contributed by atoms with Crippen molar-refractivity contribution in [2.24, 2.45) is 0 Å². The fraction of sp³-hybridized carbons (Fsp3) is 0.286. The van der Waals surface area contributed by atoms with E-state index in [2.05, 4.69) is 20.3 Å². The molecule has 11 heteroatoms. The number of carbonyl (C=O) groups excluding carboxylic acids is 1. The Morgan fingerprint density at radius 3 is 2.40 bits per heavy atom. The Balaban J connectivity index is 0.00000151. The first kappa shape index (κ1) is 20.6. The lowest BCUT2D eigenvalue weighted by atomic mass is 10.4. The topological polar surface area (TPSA) is 123 Å². The van der Waals surface area contributed by atoms with Crippen LogP contribution in [0.4, 0.5) is 10.7 Å². The van der Waals surface area contributed by atoms with E-state index in [1.807, 2.05) is 18.6 Å². The summed E-state index contributed by atoms with van der Waals surface area (Å²) in [7, 11) is -2.78. The summed E-state index contributed by atoms with van der Waals surface area (Å²) in [5, 5.41) is 2.18. The van der Waals surface area contributed by atoms with Crippen LogP contribution in [0.3, 0.4) is 0 Å². The van der Waals surface area contributed by atoms with Crippen molar-refractivity contribution in [2.75, 3.05) is 12.4 Å². The number of anilines is 1. The van der Waals surface area contributed by atoms with Gasteiger partial charge in [-0.25, -0.2) is 17.9 Å². The highest BCUT2D eigenvalue weighted by Gasteiger charge is 2.21. The molecule has 0 spiro atoms. The monoisotopic (exact) mass is 387 g/mol. The molecule has 0 fully saturated rings. The second-order valence-corrected chi connectivity index (χ2v) is 6.24. The Bertz CT molecular complexity index is 845. The summed E-state index contributed by atoms with van der Waals surface area (Å²) >= 11 is 5.81. The molecule has 0 saturated carbocycles. The van der Waals surface area contributed by atoms with Crippen molar-refractivity contribution in [3.8, 4) is 6.01 Å². The zero-order valence-electron chi connectivity index (χ0n) is 14.1. The number of hydrogen-bond donors (Lipinski definition) is 2. The summed E-state index contributed by atoms with van der Waals surface area (Å²) in [6.07, 6.45) is 0. The highest BCUT2D eigenvalue weighted by Crippen LogP contribution is 2.20. The van der Waals surface area contributed by atoms with E-state index < -0.39 is 16.1 Å². The van der Waals surface area contributed by atoms with Crippen LogP contribution < -0.4 is 14.8 Å². The maximum absolute atomic E-state index is 12.1. The van der Waals surface area contributed by atoms with Crippen molar-refractivity contribution in [2.45, 2.75) is 25.7 Å². The number of carbonyl (C=O) groups is 1. The number of hydrogen-bond acceptors (Lipinski definition) is 7. The Morgan fingerprint density at radius 1 is 1.16 bits per heavy atom. The molecular formula is C14H18ClN5O4S. The summed E-state index contributed by atoms with van der Waals surface area (Å²) in [6.45, 7) is 5.56. The minimum absolute atomic E-state index is 0.00882. The van der Waals surface area contributed by atoms with Crippen molar-refractivity contribution in [1.29, 1.82) is 0 Å². The molecule has 0 saturated heterocycles. The van der Waals surface area contributed by atoms with Crippen molar-refractivity contribution in [3.05, 3.63) is 35.1 Å². The largest absolute Gasteiger partial charge is 0.467 e. The van der Waals surface area contributed by atoms with E-state index in [4.69, 9.17) is 16.3 Å². The standard InChI is InChI=1S/C12H12ClN5O4S.C2H6/c1-7-14-10(17-12(15-7)22-2)16-11(19)18-23(20,21)9-6-4-3-5-8(9)13;1-2/h3-6H,1-2H3,(H2,14,15,16,17,18,19);1-2H3. The molecule has 1 heterocycles. The van der Waals surface area contributed by atoms with Gasteiger partial charge in [0.25, 0.3) is 10.0 Å². The Kier molecular flexibility index (Phi) is 7.52. The van der Waals surface area contributed by atoms with Gasteiger partial charge in [0.2, 0.25) is 5.95 Å². The normalized spacial score (nSPS) is 10.3. The first-order chi connectivity index (χ1) is 11.8. The Hall–Kier alpha value is -2.46. The molecule has 0 radical (unpaired) electrons. The third kappa shape index (κ3) is 5.84. The second kappa shape index (κ2) is 9.14. The van der Waals surface area contributed by atoms with Gasteiger partial charge in [0, 0.05) is 0 Å². The molecule has 2 amide bonds. The molecule has 0 aliphatic carbocycles. The molecule has 1 aromatic carbocycles. The van der Waals surface area contributed by atoms with Crippen LogP contribution in [0.1, 0.15) is 19.7 Å². The van der Waals surface area contributed by atoms with Gasteiger partial charge in [0.05, 0.1) is 12.1 Å². The number of amides is 2. The highest BCUT2D eigenvalue weighted by atomic mass is 35.5. The maximum Gasteiger partial charge on any atom is 0.335 e. The third-order valence-electron chi connectivity index (χ3n) is 2.49. The molecule has 0 aliphatic rings. The summed E-state index contributed by atoms with van der Waals surface area (Å²) in [4.78, 5) is 23.1. The summed E-state index contributed by atoms with van der Waals surface area (Å²) in [5.41, 5.74) is 0. The molecule has 0 bridgehead atoms. The first-order valence-electron chi connectivity index (χ1n) is 7.17. The summed E-state index contributed by atoms with van der Waals surface area (Å²) in [6, 6.07) is 4.67. The molecule has 9 nitrogen and oxygen atoms in total. The number of aromatic nitrogens is 3. The number of aryl methyl sites for hydroxylation is 1. The van der Waals surface area contributed by atoms with Crippen LogP contribution in [0.25, 0.3) is 0 Å². The van der Waals surface area contributed by atoms with E-state index in [1.165, 1.54) is 25.3 Å². The van der Waals surface area contributed by atoms with Gasteiger partial charge in [0.15, 0.2) is 0 Å². The van der Waals surface area contributed by atoms with E-state index in [0.717, 1.165) is 0 Å². The van der Waals surface area contributed by atoms with Crippen LogP contribution in [0.5, 0.6) is 6.01 Å². The number of nitrogens with zero attached hydrogens (tertiary/aromatic N) is 3. The zero-order valence-corrected chi connectivity index (χ0v) is 15.6. The molecule has 2 aromatic rings. The lowest BCUT2D eigenvalue weighted by Crippen LogP contribution is -2.35. The SMILES string of the molecule is CC.COc1nc(C)nc(NC(=O)NS(=O)(=O)c2ccccc2Cl)n1. The van der Waals surface area contributed by atoms with Gasteiger partial charge in [-0.2, -0.15) is 15.0 Å². The number of sulfonamides is 1. The smallest absolute Gasteiger partial charge is 0.335 e. The predicted molar refractivity (Wildman–Crippen MR) is 93.3 cm³/mol. The van der Waals surface area contributed by atoms with E-state index in [-0.39, 0.29) is 21.9 Å². The van der Waals surface area contributed by atoms with Crippen molar-refractivity contribution in [3.63, 3.8) is 0 Å². The van der Waals surface area contributed by atoms with Crippen LogP contribution in [-0.4, -0.2) is 36.5 Å². The van der Waals surface area contributed by atoms with Gasteiger partial charge in [-0.1, -0.05) is 37.6 Å². The molecular weight excluding hydrogens is 370 g/mol. The van der Waals surface area contributed by atoms with E-state index in [1.54, 1.807) is 13.0 Å². The summed E-state index contributed by atoms with van der Waals surface area (Å²) in [5.74, 6) is 0.141. The number of ether oxygens (including phenoxy) is 1. The fourth-order valence-electron chi connectivity index (χ4n) is 1.57. The lowest BCUT2D eigenvalue weighted by Gasteiger charge is -2.09. The van der Waals surface area contributed by atoms with Gasteiger partial charge in [0.1, 0.15) is 10.7 Å². The average Bonchev–Trinajstić information content (AvgIpc) is 2.55. The predicted octanol–water partition coefficient (Wildman–Crippen LogP) is 2.38. The van der Waals surface area contributed by atoms with E-state index >= 15 is 0 Å². The minimum atomic E-state index is -4.13. The molecule has 1 aromatic heterocycles. The van der Waals surface area contributed by atoms with Crippen molar-refractivity contribution < 1.29 is 17.9 Å². The molecule has 0 unspecified atom stereocenters. The number of methoxy groups -OCH3 is 1. The van der Waals surface area contributed by atoms with E-state index in [9.17, 15) is 13.2 Å². The molecule has 25 heavy (non-hydrogen) atoms. The number of halogens is 1. The zero-order chi connectivity index (χ0) is 19.0. The van der Waals surface area contributed by atoms with Crippen LogP contribution >= 0.6 is 11.6 Å². The number of nitrogens with one attached hydrogen (secondary N) is 2.